The highest BCUT2D eigenvalue weighted by molar-refractivity contribution is 5.88. The smallest absolute Gasteiger partial charge is 0.316 e. The molecular formula is C16H16F6N2. The van der Waals surface area contributed by atoms with Gasteiger partial charge in [-0.1, -0.05) is 0 Å². The highest BCUT2D eigenvalue weighted by Crippen LogP contribution is 2.44. The van der Waals surface area contributed by atoms with Crippen molar-refractivity contribution in [1.82, 2.24) is 5.32 Å². The van der Waals surface area contributed by atoms with Crippen molar-refractivity contribution in [2.75, 3.05) is 13.1 Å². The number of benzene rings is 1. The van der Waals surface area contributed by atoms with E-state index in [0.29, 0.717) is 30.9 Å². The van der Waals surface area contributed by atoms with E-state index in [4.69, 9.17) is 0 Å². The van der Waals surface area contributed by atoms with Gasteiger partial charge in [-0.25, -0.2) is 0 Å². The number of hydrogen-bond donors (Lipinski definition) is 1. The molecule has 0 bridgehead atoms. The van der Waals surface area contributed by atoms with Gasteiger partial charge < -0.3 is 5.32 Å². The molecule has 0 aromatic heterocycles. The summed E-state index contributed by atoms with van der Waals surface area (Å²) in [4.78, 5) is 4.15. The van der Waals surface area contributed by atoms with E-state index >= 15 is 0 Å². The van der Waals surface area contributed by atoms with E-state index in [1.807, 2.05) is 0 Å². The van der Waals surface area contributed by atoms with Crippen molar-refractivity contribution in [3.8, 4) is 0 Å². The number of rotatable bonds is 2. The Hall–Kier alpha value is -1.57. The van der Waals surface area contributed by atoms with Crippen LogP contribution in [0.2, 0.25) is 0 Å². The third-order valence-electron chi connectivity index (χ3n) is 4.39. The van der Waals surface area contributed by atoms with Crippen LogP contribution in [0.15, 0.2) is 17.1 Å². The van der Waals surface area contributed by atoms with E-state index in [1.165, 1.54) is 0 Å². The quantitative estimate of drug-likeness (QED) is 0.766. The standard InChI is InChI=1S/C16H16F6N2/c17-15(18,19)11-5-10-2-1-3-12(4-9-7-23-8-9)24-14(10)13(6-11)16(20,21)22/h5-6,9,23H,1-4,7-8H2. The Kier molecular flexibility index (Phi) is 4.36. The van der Waals surface area contributed by atoms with Crippen LogP contribution in [0, 0.1) is 5.92 Å². The van der Waals surface area contributed by atoms with Crippen molar-refractivity contribution >= 4 is 11.4 Å². The molecule has 0 amide bonds. The number of halogens is 6. The summed E-state index contributed by atoms with van der Waals surface area (Å²) in [5.41, 5.74) is -2.23. The van der Waals surface area contributed by atoms with E-state index in [2.05, 4.69) is 10.3 Å². The Morgan fingerprint density at radius 2 is 1.71 bits per heavy atom. The molecule has 2 aliphatic rings. The first-order valence-electron chi connectivity index (χ1n) is 7.73. The van der Waals surface area contributed by atoms with E-state index in [-0.39, 0.29) is 23.7 Å². The van der Waals surface area contributed by atoms with Crippen LogP contribution in [0.1, 0.15) is 36.0 Å². The number of aliphatic imine (C=N–C) groups is 1. The fourth-order valence-corrected chi connectivity index (χ4v) is 3.07. The molecule has 24 heavy (non-hydrogen) atoms. The molecule has 1 saturated heterocycles. The molecule has 1 aromatic carbocycles. The lowest BCUT2D eigenvalue weighted by atomic mass is 9.94. The Bertz CT molecular complexity index is 656. The van der Waals surface area contributed by atoms with Gasteiger partial charge >= 0.3 is 12.4 Å². The second-order valence-corrected chi connectivity index (χ2v) is 6.29. The number of aryl methyl sites for hydroxylation is 1. The van der Waals surface area contributed by atoms with Crippen molar-refractivity contribution in [3.63, 3.8) is 0 Å². The van der Waals surface area contributed by atoms with Crippen molar-refractivity contribution in [2.45, 2.75) is 38.0 Å². The topological polar surface area (TPSA) is 24.4 Å². The summed E-state index contributed by atoms with van der Waals surface area (Å²) < 4.78 is 78.6. The zero-order valence-corrected chi connectivity index (χ0v) is 12.7. The number of fused-ring (bicyclic) bond motifs is 1. The number of alkyl halides is 6. The maximum atomic E-state index is 13.3. The van der Waals surface area contributed by atoms with Crippen LogP contribution in [0.5, 0.6) is 0 Å². The second kappa shape index (κ2) is 6.06. The lowest BCUT2D eigenvalue weighted by Crippen LogP contribution is -2.42. The Morgan fingerprint density at radius 3 is 2.25 bits per heavy atom. The van der Waals surface area contributed by atoms with Crippen LogP contribution in [-0.2, 0) is 18.8 Å². The lowest BCUT2D eigenvalue weighted by molar-refractivity contribution is -0.142. The zero-order chi connectivity index (χ0) is 17.5. The van der Waals surface area contributed by atoms with Gasteiger partial charge in [0.1, 0.15) is 0 Å². The maximum Gasteiger partial charge on any atom is 0.418 e. The Labute approximate surface area is 135 Å². The van der Waals surface area contributed by atoms with Crippen molar-refractivity contribution in [1.29, 1.82) is 0 Å². The first kappa shape index (κ1) is 17.3. The minimum atomic E-state index is -4.87. The second-order valence-electron chi connectivity index (χ2n) is 6.29. The molecule has 8 heteroatoms. The molecular weight excluding hydrogens is 334 g/mol. The Balaban J connectivity index is 2.07. The summed E-state index contributed by atoms with van der Waals surface area (Å²) in [5, 5.41) is 3.09. The van der Waals surface area contributed by atoms with Crippen LogP contribution < -0.4 is 5.32 Å². The third kappa shape index (κ3) is 3.58. The summed E-state index contributed by atoms with van der Waals surface area (Å²) in [7, 11) is 0. The molecule has 132 valence electrons. The predicted molar refractivity (Wildman–Crippen MR) is 77.5 cm³/mol. The SMILES string of the molecule is FC(F)(F)c1cc2c(c(C(F)(F)F)c1)N=C(CC1CNC1)CCC2. The van der Waals surface area contributed by atoms with Crippen molar-refractivity contribution < 1.29 is 26.3 Å². The molecule has 1 N–H and O–H groups in total. The van der Waals surface area contributed by atoms with E-state index in [9.17, 15) is 26.3 Å². The van der Waals surface area contributed by atoms with Gasteiger partial charge in [-0.15, -0.1) is 0 Å². The molecule has 2 heterocycles. The third-order valence-corrected chi connectivity index (χ3v) is 4.39. The maximum absolute atomic E-state index is 13.3. The largest absolute Gasteiger partial charge is 0.418 e. The van der Waals surface area contributed by atoms with Crippen LogP contribution in [-0.4, -0.2) is 18.8 Å². The molecule has 0 unspecified atom stereocenters. The van der Waals surface area contributed by atoms with Gasteiger partial charge in [0.05, 0.1) is 16.8 Å². The molecule has 0 spiro atoms. The Morgan fingerprint density at radius 1 is 1.00 bits per heavy atom. The first-order valence-corrected chi connectivity index (χ1v) is 7.73. The number of nitrogens with one attached hydrogen (secondary N) is 1. The van der Waals surface area contributed by atoms with Gasteiger partial charge in [0.2, 0.25) is 0 Å². The van der Waals surface area contributed by atoms with Crippen molar-refractivity contribution in [2.24, 2.45) is 10.9 Å². The zero-order valence-electron chi connectivity index (χ0n) is 12.7. The fourth-order valence-electron chi connectivity index (χ4n) is 3.07. The van der Waals surface area contributed by atoms with Crippen LogP contribution in [0.3, 0.4) is 0 Å². The predicted octanol–water partition coefficient (Wildman–Crippen LogP) is 4.74. The van der Waals surface area contributed by atoms with Gasteiger partial charge in [0.25, 0.3) is 0 Å². The van der Waals surface area contributed by atoms with E-state index in [0.717, 1.165) is 19.2 Å². The summed E-state index contributed by atoms with van der Waals surface area (Å²) >= 11 is 0. The monoisotopic (exact) mass is 350 g/mol. The normalized spacial score (nSPS) is 19.3. The highest BCUT2D eigenvalue weighted by Gasteiger charge is 2.40. The summed E-state index contributed by atoms with van der Waals surface area (Å²) in [6.45, 7) is 1.59. The van der Waals surface area contributed by atoms with Gasteiger partial charge in [0, 0.05) is 5.71 Å². The molecule has 0 radical (unpaired) electrons. The summed E-state index contributed by atoms with van der Waals surface area (Å²) in [6, 6.07) is 0.984. The lowest BCUT2D eigenvalue weighted by Gasteiger charge is -2.27. The molecule has 2 nitrogen and oxygen atoms in total. The fraction of sp³-hybridized carbons (Fsp3) is 0.562. The van der Waals surface area contributed by atoms with Gasteiger partial charge in [-0.05, 0) is 62.4 Å². The molecule has 0 atom stereocenters. The molecule has 1 fully saturated rings. The van der Waals surface area contributed by atoms with Gasteiger partial charge in [-0.2, -0.15) is 26.3 Å². The minimum absolute atomic E-state index is 0.0267. The average Bonchev–Trinajstić information content (AvgIpc) is 2.61. The first-order chi connectivity index (χ1) is 11.1. The minimum Gasteiger partial charge on any atom is -0.316 e. The summed E-state index contributed by atoms with van der Waals surface area (Å²) in [5.74, 6) is 0.342. The number of hydrogen-bond acceptors (Lipinski definition) is 2. The number of nitrogens with zero attached hydrogens (tertiary/aromatic N) is 1. The van der Waals surface area contributed by atoms with Crippen LogP contribution in [0.25, 0.3) is 0 Å². The highest BCUT2D eigenvalue weighted by atomic mass is 19.4. The summed E-state index contributed by atoms with van der Waals surface area (Å²) in [6.07, 6.45) is -7.91. The molecule has 0 aliphatic carbocycles. The van der Waals surface area contributed by atoms with E-state index in [1.54, 1.807) is 0 Å². The molecule has 1 aromatic rings. The molecule has 2 aliphatic heterocycles. The average molecular weight is 350 g/mol. The van der Waals surface area contributed by atoms with Crippen LogP contribution >= 0.6 is 0 Å². The van der Waals surface area contributed by atoms with Gasteiger partial charge in [-0.3, -0.25) is 4.99 Å². The van der Waals surface area contributed by atoms with Crippen LogP contribution in [0.4, 0.5) is 32.0 Å². The van der Waals surface area contributed by atoms with Gasteiger partial charge in [0.15, 0.2) is 0 Å². The van der Waals surface area contributed by atoms with E-state index < -0.39 is 23.5 Å². The molecule has 0 saturated carbocycles. The molecule has 3 rings (SSSR count). The van der Waals surface area contributed by atoms with Crippen molar-refractivity contribution in [3.05, 3.63) is 28.8 Å².